The molecule has 34 heavy (non-hydrogen) atoms. The van der Waals surface area contributed by atoms with Crippen LogP contribution in [0.2, 0.25) is 0 Å². The van der Waals surface area contributed by atoms with E-state index in [1.165, 1.54) is 6.07 Å². The zero-order valence-electron chi connectivity index (χ0n) is 20.3. The van der Waals surface area contributed by atoms with Crippen molar-refractivity contribution in [1.29, 1.82) is 0 Å². The van der Waals surface area contributed by atoms with Gasteiger partial charge in [0.2, 0.25) is 5.91 Å². The van der Waals surface area contributed by atoms with E-state index >= 15 is 0 Å². The van der Waals surface area contributed by atoms with E-state index in [0.717, 1.165) is 36.9 Å². The van der Waals surface area contributed by atoms with Crippen LogP contribution >= 0.6 is 0 Å². The Hall–Kier alpha value is -2.94. The van der Waals surface area contributed by atoms with Crippen molar-refractivity contribution in [2.24, 2.45) is 11.7 Å². The molecule has 184 valence electrons. The fourth-order valence-corrected chi connectivity index (χ4v) is 5.04. The zero-order valence-corrected chi connectivity index (χ0v) is 20.3. The number of nitrogens with one attached hydrogen (secondary N) is 1. The van der Waals surface area contributed by atoms with Crippen LogP contribution in [-0.2, 0) is 22.5 Å². The Morgan fingerprint density at radius 2 is 2.06 bits per heavy atom. The molecule has 0 spiro atoms. The Balaban J connectivity index is 1.41. The average Bonchev–Trinajstić information content (AvgIpc) is 3.49. The van der Waals surface area contributed by atoms with Gasteiger partial charge in [0.1, 0.15) is 17.5 Å². The van der Waals surface area contributed by atoms with Gasteiger partial charge in [-0.2, -0.15) is 5.10 Å². The molecule has 0 radical (unpaired) electrons. The summed E-state index contributed by atoms with van der Waals surface area (Å²) < 4.78 is 22.1. The fourth-order valence-electron chi connectivity index (χ4n) is 5.04. The van der Waals surface area contributed by atoms with Gasteiger partial charge in [-0.15, -0.1) is 0 Å². The van der Waals surface area contributed by atoms with Crippen molar-refractivity contribution in [3.63, 3.8) is 0 Å². The third-order valence-corrected chi connectivity index (χ3v) is 6.57. The van der Waals surface area contributed by atoms with E-state index in [9.17, 15) is 14.0 Å². The average molecular weight is 472 g/mol. The van der Waals surface area contributed by atoms with Gasteiger partial charge in [0, 0.05) is 30.8 Å². The van der Waals surface area contributed by atoms with Crippen LogP contribution in [0.1, 0.15) is 52.5 Å². The molecular formula is C25H34FN5O3. The largest absolute Gasteiger partial charge is 0.444 e. The van der Waals surface area contributed by atoms with Crippen molar-refractivity contribution in [2.45, 2.75) is 83.8 Å². The van der Waals surface area contributed by atoms with Crippen LogP contribution in [0.15, 0.2) is 30.6 Å². The molecule has 3 N–H and O–H groups in total. The predicted octanol–water partition coefficient (Wildman–Crippen LogP) is 3.44. The van der Waals surface area contributed by atoms with E-state index in [4.69, 9.17) is 10.5 Å². The molecule has 9 heteroatoms. The summed E-state index contributed by atoms with van der Waals surface area (Å²) >= 11 is 0. The molecule has 4 rings (SSSR count). The lowest BCUT2D eigenvalue weighted by atomic mass is 9.97. The summed E-state index contributed by atoms with van der Waals surface area (Å²) in [5.74, 6) is -0.610. The number of ether oxygens (including phenoxy) is 1. The number of likely N-dealkylation sites (tertiary alicyclic amines) is 1. The van der Waals surface area contributed by atoms with Crippen LogP contribution < -0.4 is 11.1 Å². The number of piperidine rings is 1. The lowest BCUT2D eigenvalue weighted by molar-refractivity contribution is -0.128. The van der Waals surface area contributed by atoms with Gasteiger partial charge >= 0.3 is 6.09 Å². The summed E-state index contributed by atoms with van der Waals surface area (Å²) in [6.07, 6.45) is 5.01. The molecule has 1 aromatic carbocycles. The van der Waals surface area contributed by atoms with Crippen LogP contribution in [-0.4, -0.2) is 50.5 Å². The van der Waals surface area contributed by atoms with Gasteiger partial charge < -0.3 is 15.8 Å². The minimum Gasteiger partial charge on any atom is -0.444 e. The molecule has 2 aliphatic rings. The van der Waals surface area contributed by atoms with E-state index < -0.39 is 23.9 Å². The lowest BCUT2D eigenvalue weighted by Gasteiger charge is -2.36. The van der Waals surface area contributed by atoms with Gasteiger partial charge in [-0.3, -0.25) is 14.4 Å². The first-order chi connectivity index (χ1) is 16.1. The number of aromatic nitrogens is 2. The Morgan fingerprint density at radius 1 is 1.29 bits per heavy atom. The molecule has 2 bridgehead atoms. The fraction of sp³-hybridized carbons (Fsp3) is 0.560. The first-order valence-corrected chi connectivity index (χ1v) is 11.9. The standard InChI is InChI=1S/C25H34FN5O3/c1-5-30-14-18(13-28-30)15-6-7-16(20(26)11-15)12-21(27)29-23(32)22-17-8-9-19(10-17)31(22)24(33)34-25(2,3)4/h6-7,11,13-14,17,19,21-22H,5,8-10,12,27H2,1-4H3,(H,29,32). The van der Waals surface area contributed by atoms with Gasteiger partial charge in [-0.25, -0.2) is 9.18 Å². The number of hydrogen-bond donors (Lipinski definition) is 2. The van der Waals surface area contributed by atoms with E-state index in [0.29, 0.717) is 5.56 Å². The zero-order chi connectivity index (χ0) is 24.6. The summed E-state index contributed by atoms with van der Waals surface area (Å²) in [5, 5.41) is 7.02. The molecule has 1 aromatic heterocycles. The molecule has 8 nitrogen and oxygen atoms in total. The monoisotopic (exact) mass is 471 g/mol. The molecule has 4 unspecified atom stereocenters. The maximum absolute atomic E-state index is 14.8. The highest BCUT2D eigenvalue weighted by molar-refractivity contribution is 5.87. The number of nitrogens with zero attached hydrogens (tertiary/aromatic N) is 3. The smallest absolute Gasteiger partial charge is 0.411 e. The summed E-state index contributed by atoms with van der Waals surface area (Å²) in [5.41, 5.74) is 7.52. The Morgan fingerprint density at radius 3 is 2.71 bits per heavy atom. The summed E-state index contributed by atoms with van der Waals surface area (Å²) in [6.45, 7) is 8.14. The van der Waals surface area contributed by atoms with Crippen LogP contribution in [0, 0.1) is 11.7 Å². The third kappa shape index (κ3) is 5.09. The SMILES string of the molecule is CCn1cc(-c2ccc(CC(N)NC(=O)C3C4CCC(C4)N3C(=O)OC(C)(C)C)c(F)c2)cn1. The lowest BCUT2D eigenvalue weighted by Crippen LogP contribution is -2.57. The van der Waals surface area contributed by atoms with E-state index in [-0.39, 0.29) is 30.1 Å². The van der Waals surface area contributed by atoms with Gasteiger partial charge in [0.05, 0.1) is 12.4 Å². The van der Waals surface area contributed by atoms with E-state index in [2.05, 4.69) is 10.4 Å². The molecule has 1 aliphatic carbocycles. The van der Waals surface area contributed by atoms with Crippen molar-refractivity contribution in [1.82, 2.24) is 20.0 Å². The molecule has 1 saturated carbocycles. The first-order valence-electron chi connectivity index (χ1n) is 11.9. The summed E-state index contributed by atoms with van der Waals surface area (Å²) in [6, 6.07) is 4.37. The van der Waals surface area contributed by atoms with Crippen molar-refractivity contribution in [3.8, 4) is 11.1 Å². The number of aryl methyl sites for hydroxylation is 1. The minimum atomic E-state index is -0.782. The van der Waals surface area contributed by atoms with Crippen LogP contribution in [0.3, 0.4) is 0 Å². The highest BCUT2D eigenvalue weighted by Crippen LogP contribution is 2.43. The number of benzene rings is 1. The van der Waals surface area contributed by atoms with Gasteiger partial charge in [0.15, 0.2) is 0 Å². The minimum absolute atomic E-state index is 0.00822. The van der Waals surface area contributed by atoms with E-state index in [1.54, 1.807) is 42.6 Å². The van der Waals surface area contributed by atoms with Crippen LogP contribution in [0.25, 0.3) is 11.1 Å². The first kappa shape index (κ1) is 24.2. The van der Waals surface area contributed by atoms with Crippen molar-refractivity contribution < 1.29 is 18.7 Å². The maximum atomic E-state index is 14.8. The molecule has 2 heterocycles. The molecule has 1 aliphatic heterocycles. The maximum Gasteiger partial charge on any atom is 0.411 e. The van der Waals surface area contributed by atoms with Gasteiger partial charge in [-0.05, 0) is 70.1 Å². The molecule has 1 saturated heterocycles. The predicted molar refractivity (Wildman–Crippen MR) is 126 cm³/mol. The number of halogens is 1. The molecule has 2 aromatic rings. The van der Waals surface area contributed by atoms with Crippen LogP contribution in [0.5, 0.6) is 0 Å². The number of fused-ring (bicyclic) bond motifs is 2. The molecule has 2 amide bonds. The topological polar surface area (TPSA) is 102 Å². The second-order valence-corrected chi connectivity index (χ2v) is 10.3. The number of hydrogen-bond acceptors (Lipinski definition) is 5. The second kappa shape index (κ2) is 9.37. The number of nitrogens with two attached hydrogens (primary N) is 1. The molecule has 4 atom stereocenters. The highest BCUT2D eigenvalue weighted by atomic mass is 19.1. The second-order valence-electron chi connectivity index (χ2n) is 10.3. The van der Waals surface area contributed by atoms with Crippen molar-refractivity contribution >= 4 is 12.0 Å². The highest BCUT2D eigenvalue weighted by Gasteiger charge is 2.52. The summed E-state index contributed by atoms with van der Waals surface area (Å²) in [7, 11) is 0. The Labute approximate surface area is 199 Å². The summed E-state index contributed by atoms with van der Waals surface area (Å²) in [4.78, 5) is 27.5. The van der Waals surface area contributed by atoms with Gasteiger partial charge in [-0.1, -0.05) is 12.1 Å². The van der Waals surface area contributed by atoms with Crippen molar-refractivity contribution in [2.75, 3.05) is 0 Å². The Kier molecular flexibility index (Phi) is 6.66. The quantitative estimate of drug-likeness (QED) is 0.629. The van der Waals surface area contributed by atoms with Gasteiger partial charge in [0.25, 0.3) is 0 Å². The van der Waals surface area contributed by atoms with Crippen LogP contribution in [0.4, 0.5) is 9.18 Å². The van der Waals surface area contributed by atoms with E-state index in [1.807, 2.05) is 19.2 Å². The third-order valence-electron chi connectivity index (χ3n) is 6.57. The molecular weight excluding hydrogens is 437 g/mol. The Bertz CT molecular complexity index is 1060. The number of amides is 2. The number of rotatable bonds is 6. The normalized spacial score (nSPS) is 22.6. The molecule has 2 fully saturated rings. The van der Waals surface area contributed by atoms with Crippen molar-refractivity contribution in [3.05, 3.63) is 42.0 Å². The number of carbonyl (C=O) groups excluding carboxylic acids is 2. The number of carbonyl (C=O) groups is 2.